The highest BCUT2D eigenvalue weighted by atomic mass is 28.3. The minimum absolute atomic E-state index is 0.807. The maximum atomic E-state index is 6.04. The van der Waals surface area contributed by atoms with Crippen molar-refractivity contribution in [1.29, 1.82) is 0 Å². The van der Waals surface area contributed by atoms with Gasteiger partial charge in [-0.3, -0.25) is 0 Å². The molecule has 2 unspecified atom stereocenters. The Labute approximate surface area is 142 Å². The predicted octanol–water partition coefficient (Wildman–Crippen LogP) is 7.00. The van der Waals surface area contributed by atoms with Crippen LogP contribution in [0.2, 0.25) is 11.6 Å². The van der Waals surface area contributed by atoms with Crippen molar-refractivity contribution in [2.75, 3.05) is 6.61 Å². The van der Waals surface area contributed by atoms with Crippen LogP contribution in [0.15, 0.2) is 0 Å². The van der Waals surface area contributed by atoms with E-state index in [4.69, 9.17) is 4.43 Å². The minimum atomic E-state index is -0.807. The van der Waals surface area contributed by atoms with Crippen molar-refractivity contribution >= 4 is 9.04 Å². The molecule has 1 fully saturated rings. The molecular formula is C20H42OSi. The molecule has 0 N–H and O–H groups in total. The van der Waals surface area contributed by atoms with Crippen molar-refractivity contribution in [3.63, 3.8) is 0 Å². The molecule has 0 radical (unpaired) electrons. The van der Waals surface area contributed by atoms with Crippen molar-refractivity contribution < 1.29 is 4.43 Å². The normalized spacial score (nSPS) is 20.2. The first-order chi connectivity index (χ1) is 10.8. The monoisotopic (exact) mass is 326 g/mol. The smallest absolute Gasteiger partial charge is 0.179 e. The molecular weight excluding hydrogens is 284 g/mol. The SMILES string of the molecule is CCCCCCCCCCCCCCC(C)[SiH]1CCCCO1. The molecule has 1 aliphatic rings. The number of hydrogen-bond donors (Lipinski definition) is 0. The number of unbranched alkanes of at least 4 members (excludes halogenated alkanes) is 11. The van der Waals surface area contributed by atoms with E-state index in [1.807, 2.05) is 0 Å². The van der Waals surface area contributed by atoms with Crippen molar-refractivity contribution in [3.05, 3.63) is 0 Å². The van der Waals surface area contributed by atoms with Crippen LogP contribution in [0.1, 0.15) is 110 Å². The lowest BCUT2D eigenvalue weighted by molar-refractivity contribution is 0.278. The van der Waals surface area contributed by atoms with Crippen molar-refractivity contribution in [2.24, 2.45) is 0 Å². The van der Waals surface area contributed by atoms with E-state index in [9.17, 15) is 0 Å². The fourth-order valence-electron chi connectivity index (χ4n) is 3.71. The van der Waals surface area contributed by atoms with Gasteiger partial charge >= 0.3 is 0 Å². The van der Waals surface area contributed by atoms with Gasteiger partial charge in [-0.1, -0.05) is 104 Å². The highest BCUT2D eigenvalue weighted by Crippen LogP contribution is 2.26. The van der Waals surface area contributed by atoms with E-state index < -0.39 is 9.04 Å². The molecule has 1 aliphatic heterocycles. The zero-order valence-corrected chi connectivity index (χ0v) is 16.7. The lowest BCUT2D eigenvalue weighted by atomic mass is 10.0. The minimum Gasteiger partial charge on any atom is -0.420 e. The maximum Gasteiger partial charge on any atom is 0.179 e. The van der Waals surface area contributed by atoms with Gasteiger partial charge in [0.05, 0.1) is 0 Å². The molecule has 1 rings (SSSR count). The second kappa shape index (κ2) is 14.7. The fraction of sp³-hybridized carbons (Fsp3) is 1.00. The quantitative estimate of drug-likeness (QED) is 0.246. The van der Waals surface area contributed by atoms with E-state index in [0.717, 1.165) is 12.1 Å². The summed E-state index contributed by atoms with van der Waals surface area (Å²) >= 11 is 0. The van der Waals surface area contributed by atoms with Gasteiger partial charge < -0.3 is 4.43 Å². The molecule has 0 amide bonds. The summed E-state index contributed by atoms with van der Waals surface area (Å²) in [6, 6.07) is 1.44. The Morgan fingerprint density at radius 1 is 0.773 bits per heavy atom. The Bertz CT molecular complexity index is 226. The summed E-state index contributed by atoms with van der Waals surface area (Å²) < 4.78 is 6.04. The fourth-order valence-corrected chi connectivity index (χ4v) is 6.54. The Balaban J connectivity index is 1.77. The third-order valence-corrected chi connectivity index (χ3v) is 8.61. The molecule has 132 valence electrons. The molecule has 1 saturated heterocycles. The summed E-state index contributed by atoms with van der Waals surface area (Å²) in [5.41, 5.74) is 0.920. The first-order valence-corrected chi connectivity index (χ1v) is 12.4. The van der Waals surface area contributed by atoms with Gasteiger partial charge in [-0.15, -0.1) is 0 Å². The van der Waals surface area contributed by atoms with Crippen LogP contribution in [0.25, 0.3) is 0 Å². The Morgan fingerprint density at radius 3 is 1.82 bits per heavy atom. The van der Waals surface area contributed by atoms with Crippen molar-refractivity contribution in [1.82, 2.24) is 0 Å². The summed E-state index contributed by atoms with van der Waals surface area (Å²) in [5, 5.41) is 0. The second-order valence-electron chi connectivity index (χ2n) is 7.56. The molecule has 0 saturated carbocycles. The standard InChI is InChI=1S/C20H42OSi/c1-3-4-5-6-7-8-9-10-11-12-13-14-17-20(2)22-19-16-15-18-21-22/h20,22H,3-19H2,1-2H3. The molecule has 22 heavy (non-hydrogen) atoms. The van der Waals surface area contributed by atoms with E-state index >= 15 is 0 Å². The third-order valence-electron chi connectivity index (χ3n) is 5.36. The molecule has 1 nitrogen and oxygen atoms in total. The first-order valence-electron chi connectivity index (χ1n) is 10.5. The summed E-state index contributed by atoms with van der Waals surface area (Å²) in [7, 11) is -0.807. The van der Waals surface area contributed by atoms with E-state index in [1.165, 1.54) is 102 Å². The Kier molecular flexibility index (Phi) is 13.6. The van der Waals surface area contributed by atoms with Crippen molar-refractivity contribution in [2.45, 2.75) is 122 Å². The summed E-state index contributed by atoms with van der Waals surface area (Å²) in [6.07, 6.45) is 21.7. The molecule has 0 aromatic rings. The average Bonchev–Trinajstić information content (AvgIpc) is 2.56. The Hall–Kier alpha value is 0.177. The highest BCUT2D eigenvalue weighted by Gasteiger charge is 2.22. The van der Waals surface area contributed by atoms with Gasteiger partial charge in [0.2, 0.25) is 0 Å². The largest absolute Gasteiger partial charge is 0.420 e. The third kappa shape index (κ3) is 10.8. The van der Waals surface area contributed by atoms with Crippen LogP contribution >= 0.6 is 0 Å². The summed E-state index contributed by atoms with van der Waals surface area (Å²) in [6.45, 7) is 5.82. The lowest BCUT2D eigenvalue weighted by Gasteiger charge is -2.26. The zero-order valence-electron chi connectivity index (χ0n) is 15.6. The number of rotatable bonds is 14. The molecule has 0 aromatic carbocycles. The topological polar surface area (TPSA) is 9.23 Å². The van der Waals surface area contributed by atoms with Gasteiger partial charge in [0, 0.05) is 6.61 Å². The van der Waals surface area contributed by atoms with Gasteiger partial charge in [-0.05, 0) is 18.0 Å². The van der Waals surface area contributed by atoms with Crippen LogP contribution in [0.3, 0.4) is 0 Å². The summed E-state index contributed by atoms with van der Waals surface area (Å²) in [4.78, 5) is 0. The molecule has 2 heteroatoms. The molecule has 0 bridgehead atoms. The number of hydrogen-bond acceptors (Lipinski definition) is 1. The van der Waals surface area contributed by atoms with Crippen LogP contribution in [0.4, 0.5) is 0 Å². The predicted molar refractivity (Wildman–Crippen MR) is 102 cm³/mol. The van der Waals surface area contributed by atoms with Crippen LogP contribution in [0.5, 0.6) is 0 Å². The van der Waals surface area contributed by atoms with Gasteiger partial charge in [0.25, 0.3) is 0 Å². The van der Waals surface area contributed by atoms with E-state index in [2.05, 4.69) is 13.8 Å². The first kappa shape index (κ1) is 20.2. The zero-order chi connectivity index (χ0) is 15.9. The van der Waals surface area contributed by atoms with Crippen LogP contribution in [-0.2, 0) is 4.43 Å². The molecule has 0 aromatic heterocycles. The molecule has 0 aliphatic carbocycles. The maximum absolute atomic E-state index is 6.04. The van der Waals surface area contributed by atoms with Gasteiger partial charge in [0.1, 0.15) is 0 Å². The van der Waals surface area contributed by atoms with Gasteiger partial charge in [-0.25, -0.2) is 0 Å². The Morgan fingerprint density at radius 2 is 1.32 bits per heavy atom. The second-order valence-corrected chi connectivity index (χ2v) is 10.7. The van der Waals surface area contributed by atoms with E-state index in [1.54, 1.807) is 0 Å². The summed E-state index contributed by atoms with van der Waals surface area (Å²) in [5.74, 6) is 0. The van der Waals surface area contributed by atoms with Crippen LogP contribution < -0.4 is 0 Å². The molecule has 0 spiro atoms. The van der Waals surface area contributed by atoms with Crippen LogP contribution in [-0.4, -0.2) is 15.6 Å². The lowest BCUT2D eigenvalue weighted by Crippen LogP contribution is -2.27. The van der Waals surface area contributed by atoms with E-state index in [0.29, 0.717) is 0 Å². The highest BCUT2D eigenvalue weighted by molar-refractivity contribution is 6.53. The average molecular weight is 327 g/mol. The van der Waals surface area contributed by atoms with E-state index in [-0.39, 0.29) is 0 Å². The van der Waals surface area contributed by atoms with Gasteiger partial charge in [0.15, 0.2) is 9.04 Å². The molecule has 1 heterocycles. The molecule has 2 atom stereocenters. The van der Waals surface area contributed by atoms with Gasteiger partial charge in [-0.2, -0.15) is 0 Å². The van der Waals surface area contributed by atoms with Crippen molar-refractivity contribution in [3.8, 4) is 0 Å². The van der Waals surface area contributed by atoms with Crippen LogP contribution in [0, 0.1) is 0 Å².